The van der Waals surface area contributed by atoms with Crippen LogP contribution in [0.2, 0.25) is 0 Å². The van der Waals surface area contributed by atoms with Crippen molar-refractivity contribution in [2.45, 2.75) is 116 Å². The van der Waals surface area contributed by atoms with E-state index in [4.69, 9.17) is 52.1 Å². The summed E-state index contributed by atoms with van der Waals surface area (Å²) < 4.78 is 68.5. The highest BCUT2D eigenvalue weighted by atomic mass is 16.8. The molecule has 0 aliphatic carbocycles. The average Bonchev–Trinajstić information content (AvgIpc) is 3.27. The van der Waals surface area contributed by atoms with Crippen molar-refractivity contribution in [3.05, 3.63) is 144 Å². The van der Waals surface area contributed by atoms with Crippen molar-refractivity contribution in [2.75, 3.05) is 13.2 Å². The Morgan fingerprint density at radius 2 is 0.746 bits per heavy atom. The van der Waals surface area contributed by atoms with E-state index >= 15 is 0 Å². The number of carbonyl (C=O) groups is 4. The van der Waals surface area contributed by atoms with Gasteiger partial charge in [0.05, 0.1) is 33.0 Å². The lowest BCUT2D eigenvalue weighted by molar-refractivity contribution is -0.347. The maximum Gasteiger partial charge on any atom is 0.303 e. The highest BCUT2D eigenvalue weighted by Crippen LogP contribution is 2.34. The second-order valence-corrected chi connectivity index (χ2v) is 15.0. The Balaban J connectivity index is 1.37. The smallest absolute Gasteiger partial charge is 0.303 e. The molecule has 15 nitrogen and oxygen atoms in total. The topological polar surface area (TPSA) is 170 Å². The summed E-state index contributed by atoms with van der Waals surface area (Å²) in [6.45, 7) is 4.61. The minimum Gasteiger partial charge on any atom is -0.463 e. The van der Waals surface area contributed by atoms with Crippen LogP contribution >= 0.6 is 0 Å². The molecule has 2 aliphatic rings. The third kappa shape index (κ3) is 14.2. The van der Waals surface area contributed by atoms with Gasteiger partial charge < -0.3 is 52.1 Å². The van der Waals surface area contributed by atoms with E-state index in [1.807, 2.05) is 121 Å². The summed E-state index contributed by atoms with van der Waals surface area (Å²) in [5, 5.41) is 0. The van der Waals surface area contributed by atoms with Crippen molar-refractivity contribution in [1.29, 1.82) is 0 Å². The summed E-state index contributed by atoms with van der Waals surface area (Å²) in [5.41, 5.74) is 3.58. The molecule has 2 fully saturated rings. The van der Waals surface area contributed by atoms with E-state index in [1.54, 1.807) is 0 Å². The molecule has 2 saturated heterocycles. The van der Waals surface area contributed by atoms with Gasteiger partial charge in [-0.25, -0.2) is 0 Å². The monoisotopic (exact) mass is 870 g/mol. The fourth-order valence-corrected chi connectivity index (χ4v) is 7.28. The lowest BCUT2D eigenvalue weighted by Crippen LogP contribution is -2.64. The van der Waals surface area contributed by atoms with E-state index < -0.39 is 91.9 Å². The lowest BCUT2D eigenvalue weighted by Gasteiger charge is -2.47. The van der Waals surface area contributed by atoms with Crippen LogP contribution in [-0.2, 0) is 97.7 Å². The van der Waals surface area contributed by atoms with Gasteiger partial charge in [-0.05, 0) is 22.3 Å². The summed E-state index contributed by atoms with van der Waals surface area (Å²) in [7, 11) is 0. The van der Waals surface area contributed by atoms with E-state index in [0.717, 1.165) is 43.0 Å². The van der Waals surface area contributed by atoms with Gasteiger partial charge in [0.15, 0.2) is 30.9 Å². The highest BCUT2D eigenvalue weighted by molar-refractivity contribution is 5.68. The maximum atomic E-state index is 12.6. The Kier molecular flexibility index (Phi) is 17.7. The molecule has 10 unspecified atom stereocenters. The fraction of sp³-hybridized carbons (Fsp3) is 0.417. The first-order chi connectivity index (χ1) is 30.5. The van der Waals surface area contributed by atoms with Crippen molar-refractivity contribution >= 4 is 23.9 Å². The molecule has 0 amide bonds. The molecular weight excluding hydrogens is 817 g/mol. The number of hydrogen-bond acceptors (Lipinski definition) is 15. The van der Waals surface area contributed by atoms with Crippen LogP contribution in [0.4, 0.5) is 0 Å². The molecule has 0 radical (unpaired) electrons. The molecule has 0 spiro atoms. The highest BCUT2D eigenvalue weighted by Gasteiger charge is 2.54. The first-order valence-electron chi connectivity index (χ1n) is 20.7. The van der Waals surface area contributed by atoms with Crippen LogP contribution in [0, 0.1) is 0 Å². The van der Waals surface area contributed by atoms with Crippen LogP contribution in [-0.4, -0.2) is 98.5 Å². The molecular formula is C48H54O15. The molecule has 2 heterocycles. The quantitative estimate of drug-likeness (QED) is 0.0773. The minimum atomic E-state index is -1.48. The van der Waals surface area contributed by atoms with E-state index in [9.17, 15) is 19.2 Å². The van der Waals surface area contributed by atoms with E-state index in [1.165, 1.54) is 6.92 Å². The van der Waals surface area contributed by atoms with Gasteiger partial charge >= 0.3 is 23.9 Å². The first kappa shape index (κ1) is 47.0. The molecule has 0 bridgehead atoms. The molecule has 0 aromatic heterocycles. The molecule has 4 aromatic carbocycles. The van der Waals surface area contributed by atoms with Gasteiger partial charge in [0, 0.05) is 27.7 Å². The molecule has 63 heavy (non-hydrogen) atoms. The summed E-state index contributed by atoms with van der Waals surface area (Å²) in [6.07, 6.45) is -11.6. The zero-order valence-corrected chi connectivity index (χ0v) is 35.7. The molecule has 6 rings (SSSR count). The molecule has 0 saturated carbocycles. The molecule has 10 atom stereocenters. The molecule has 4 aromatic rings. The van der Waals surface area contributed by atoms with E-state index in [0.29, 0.717) is 0 Å². The summed E-state index contributed by atoms with van der Waals surface area (Å²) >= 11 is 0. The Hall–Kier alpha value is -5.52. The van der Waals surface area contributed by atoms with Crippen LogP contribution in [0.5, 0.6) is 0 Å². The second-order valence-electron chi connectivity index (χ2n) is 15.0. The van der Waals surface area contributed by atoms with E-state index in [2.05, 4.69) is 0 Å². The van der Waals surface area contributed by atoms with E-state index in [-0.39, 0.29) is 33.0 Å². The van der Waals surface area contributed by atoms with Gasteiger partial charge in [0.1, 0.15) is 37.1 Å². The van der Waals surface area contributed by atoms with Crippen LogP contribution < -0.4 is 0 Å². The average molecular weight is 871 g/mol. The SMILES string of the molecule is CC(=O)OCC1OC(OCC2OC(OCc3ccccc3)C(OCc3ccccc3)C(OCc3ccccc3)C2OCc2ccccc2)C(OC(C)=O)C(OC(C)=O)C1OC(C)=O. The van der Waals surface area contributed by atoms with Gasteiger partial charge in [0.25, 0.3) is 0 Å². The summed E-state index contributed by atoms with van der Waals surface area (Å²) in [6, 6.07) is 38.5. The first-order valence-corrected chi connectivity index (χ1v) is 20.7. The van der Waals surface area contributed by atoms with Crippen LogP contribution in [0.1, 0.15) is 49.9 Å². The number of carbonyl (C=O) groups excluding carboxylic acids is 4. The minimum absolute atomic E-state index is 0.149. The molecule has 2 aliphatic heterocycles. The predicted octanol–water partition coefficient (Wildman–Crippen LogP) is 5.78. The van der Waals surface area contributed by atoms with Crippen LogP contribution in [0.25, 0.3) is 0 Å². The Morgan fingerprint density at radius 1 is 0.381 bits per heavy atom. The van der Waals surface area contributed by atoms with Crippen molar-refractivity contribution < 1.29 is 71.3 Å². The maximum absolute atomic E-state index is 12.6. The third-order valence-electron chi connectivity index (χ3n) is 10.1. The van der Waals surface area contributed by atoms with Crippen LogP contribution in [0.15, 0.2) is 121 Å². The van der Waals surface area contributed by atoms with Gasteiger partial charge in [-0.3, -0.25) is 19.2 Å². The normalized spacial score (nSPS) is 25.7. The Morgan fingerprint density at radius 3 is 1.19 bits per heavy atom. The van der Waals surface area contributed by atoms with Crippen molar-refractivity contribution in [2.24, 2.45) is 0 Å². The predicted molar refractivity (Wildman–Crippen MR) is 223 cm³/mol. The van der Waals surface area contributed by atoms with Crippen molar-refractivity contribution in [3.8, 4) is 0 Å². The zero-order valence-electron chi connectivity index (χ0n) is 35.7. The molecule has 336 valence electrons. The molecule has 0 N–H and O–H groups in total. The zero-order chi connectivity index (χ0) is 44.6. The Labute approximate surface area is 366 Å². The summed E-state index contributed by atoms with van der Waals surface area (Å²) in [4.78, 5) is 49.4. The number of benzene rings is 4. The molecule has 15 heteroatoms. The largest absolute Gasteiger partial charge is 0.463 e. The third-order valence-corrected chi connectivity index (χ3v) is 10.1. The van der Waals surface area contributed by atoms with Gasteiger partial charge in [-0.1, -0.05) is 121 Å². The number of rotatable bonds is 20. The van der Waals surface area contributed by atoms with Gasteiger partial charge in [-0.15, -0.1) is 0 Å². The van der Waals surface area contributed by atoms with Gasteiger partial charge in [-0.2, -0.15) is 0 Å². The number of esters is 4. The van der Waals surface area contributed by atoms with Crippen molar-refractivity contribution in [3.63, 3.8) is 0 Å². The number of hydrogen-bond donors (Lipinski definition) is 0. The second kappa shape index (κ2) is 23.8. The van der Waals surface area contributed by atoms with Crippen LogP contribution in [0.3, 0.4) is 0 Å². The van der Waals surface area contributed by atoms with Crippen molar-refractivity contribution in [1.82, 2.24) is 0 Å². The lowest BCUT2D eigenvalue weighted by atomic mass is 9.97. The number of ether oxygens (including phenoxy) is 11. The summed E-state index contributed by atoms with van der Waals surface area (Å²) in [5.74, 6) is -2.94. The van der Waals surface area contributed by atoms with Gasteiger partial charge in [0.2, 0.25) is 0 Å². The Bertz CT molecular complexity index is 2020. The fourth-order valence-electron chi connectivity index (χ4n) is 7.28. The standard InChI is InChI=1S/C48H54O15/c1-31(49)53-29-40-42(59-32(2)50)44(60-33(3)51)46(61-34(4)52)48(63-40)58-30-39-41(54-25-35-17-9-5-10-18-35)43(55-26-36-19-11-6-12-20-36)45(56-27-37-21-13-7-14-22-37)47(62-39)57-28-38-23-15-8-16-24-38/h5-24,39-48H,25-30H2,1-4H3.